The molecule has 1 aliphatic rings. The molecule has 1 N–H and O–H groups in total. The monoisotopic (exact) mass is 332 g/mol. The number of rotatable bonds is 3. The summed E-state index contributed by atoms with van der Waals surface area (Å²) in [4.78, 5) is 6.41. The fraction of sp³-hybridized carbons (Fsp3) is 0.500. The molecule has 0 fully saturated rings. The molecule has 0 atom stereocenters. The first-order chi connectivity index (χ1) is 7.72. The summed E-state index contributed by atoms with van der Waals surface area (Å²) in [5.74, 6) is 1.54. The molecule has 2 rings (SSSR count). The number of fused-ring (bicyclic) bond motifs is 1. The van der Waals surface area contributed by atoms with E-state index in [2.05, 4.69) is 27.6 Å². The first-order valence-electron chi connectivity index (χ1n) is 5.36. The third-order valence-electron chi connectivity index (χ3n) is 2.56. The van der Waals surface area contributed by atoms with E-state index in [4.69, 9.17) is 4.74 Å². The molecule has 1 aliphatic heterocycles. The Morgan fingerprint density at radius 1 is 1.62 bits per heavy atom. The minimum atomic E-state index is -0.523. The van der Waals surface area contributed by atoms with Crippen LogP contribution >= 0.6 is 22.6 Å². The van der Waals surface area contributed by atoms with E-state index in [1.165, 1.54) is 0 Å². The van der Waals surface area contributed by atoms with Crippen LogP contribution in [0.1, 0.15) is 5.69 Å². The normalized spacial score (nSPS) is 14.3. The van der Waals surface area contributed by atoms with Gasteiger partial charge >= 0.3 is 7.05 Å². The van der Waals surface area contributed by atoms with E-state index in [0.29, 0.717) is 13.2 Å². The number of ether oxygens (including phenoxy) is 1. The van der Waals surface area contributed by atoms with Crippen LogP contribution in [0.15, 0.2) is 12.1 Å². The lowest BCUT2D eigenvalue weighted by molar-refractivity contribution is 0.311. The molecule has 2 heterocycles. The Morgan fingerprint density at radius 2 is 2.44 bits per heavy atom. The largest absolute Gasteiger partial charge is 0.488 e. The summed E-state index contributed by atoms with van der Waals surface area (Å²) in [6.45, 7) is 3.04. The molecular formula is C10H14BIN2O2. The third-order valence-corrected chi connectivity index (χ3v) is 3.10. The smallest absolute Gasteiger partial charge is 0.410 e. The van der Waals surface area contributed by atoms with Gasteiger partial charge in [-0.2, -0.15) is 0 Å². The number of anilines is 1. The van der Waals surface area contributed by atoms with Gasteiger partial charge in [-0.15, -0.1) is 0 Å². The van der Waals surface area contributed by atoms with Crippen LogP contribution in [0.25, 0.3) is 0 Å². The van der Waals surface area contributed by atoms with E-state index in [1.807, 2.05) is 16.9 Å². The van der Waals surface area contributed by atoms with Crippen molar-refractivity contribution in [3.8, 4) is 5.75 Å². The van der Waals surface area contributed by atoms with Crippen molar-refractivity contribution in [2.75, 3.05) is 22.4 Å². The quantitative estimate of drug-likeness (QED) is 0.516. The van der Waals surface area contributed by atoms with Crippen LogP contribution in [0.4, 0.5) is 5.82 Å². The van der Waals surface area contributed by atoms with Crippen LogP contribution in [0, 0.1) is 0 Å². The molecule has 0 saturated heterocycles. The topological polar surface area (TPSA) is 45.6 Å². The molecule has 0 aromatic carbocycles. The Labute approximate surface area is 109 Å². The molecule has 86 valence electrons. The molecule has 0 bridgehead atoms. The number of aryl methyl sites for hydroxylation is 1. The second-order valence-electron chi connectivity index (χ2n) is 3.74. The Morgan fingerprint density at radius 3 is 3.12 bits per heavy atom. The summed E-state index contributed by atoms with van der Waals surface area (Å²) in [5, 5.41) is 9.67. The minimum absolute atomic E-state index is 0.523. The van der Waals surface area contributed by atoms with Gasteiger partial charge in [0.25, 0.3) is 0 Å². The Bertz CT molecular complexity index is 376. The zero-order valence-electron chi connectivity index (χ0n) is 9.19. The second-order valence-corrected chi connectivity index (χ2v) is 4.82. The van der Waals surface area contributed by atoms with Gasteiger partial charge in [-0.25, -0.2) is 4.98 Å². The van der Waals surface area contributed by atoms with Gasteiger partial charge in [0.1, 0.15) is 6.61 Å². The van der Waals surface area contributed by atoms with Gasteiger partial charge in [-0.05, 0) is 25.4 Å². The van der Waals surface area contributed by atoms with Gasteiger partial charge < -0.3 is 14.6 Å². The number of hydrogen-bond donors (Lipinski definition) is 1. The highest BCUT2D eigenvalue weighted by Crippen LogP contribution is 2.30. The van der Waals surface area contributed by atoms with Crippen LogP contribution in [0.5, 0.6) is 5.75 Å². The summed E-state index contributed by atoms with van der Waals surface area (Å²) >= 11 is 2.33. The standard InChI is InChI=1S/C10H14BIN2O2/c1-11(15)14-6-7-16-9-3-2-8(4-5-12)13-10(9)14/h2-3,15H,4-7H2,1H3. The number of nitrogens with zero attached hydrogens (tertiary/aromatic N) is 2. The lowest BCUT2D eigenvalue weighted by Gasteiger charge is -2.31. The Balaban J connectivity index is 2.32. The summed E-state index contributed by atoms with van der Waals surface area (Å²) in [6.07, 6.45) is 0.946. The Kier molecular flexibility index (Phi) is 3.91. The van der Waals surface area contributed by atoms with E-state index >= 15 is 0 Å². The fourth-order valence-electron chi connectivity index (χ4n) is 1.75. The molecule has 16 heavy (non-hydrogen) atoms. The van der Waals surface area contributed by atoms with Gasteiger partial charge in [-0.3, -0.25) is 0 Å². The molecule has 6 heteroatoms. The second kappa shape index (κ2) is 5.22. The van der Waals surface area contributed by atoms with Crippen LogP contribution in [0.2, 0.25) is 6.82 Å². The molecule has 1 aromatic rings. The molecule has 1 aromatic heterocycles. The summed E-state index contributed by atoms with van der Waals surface area (Å²) < 4.78 is 6.56. The van der Waals surface area contributed by atoms with E-state index in [0.717, 1.165) is 28.1 Å². The highest BCUT2D eigenvalue weighted by molar-refractivity contribution is 14.1. The van der Waals surface area contributed by atoms with Crippen LogP contribution in [0.3, 0.4) is 0 Å². The zero-order valence-corrected chi connectivity index (χ0v) is 11.3. The predicted octanol–water partition coefficient (Wildman–Crippen LogP) is 1.37. The lowest BCUT2D eigenvalue weighted by Crippen LogP contribution is -2.43. The molecule has 0 amide bonds. The van der Waals surface area contributed by atoms with Crippen LogP contribution in [-0.4, -0.2) is 34.6 Å². The first-order valence-corrected chi connectivity index (χ1v) is 6.88. The minimum Gasteiger partial charge on any atom is -0.488 e. The maximum atomic E-state index is 9.67. The fourth-order valence-corrected chi connectivity index (χ4v) is 2.31. The van der Waals surface area contributed by atoms with Crippen LogP contribution < -0.4 is 9.55 Å². The number of halogens is 1. The van der Waals surface area contributed by atoms with Crippen LogP contribution in [-0.2, 0) is 6.42 Å². The number of hydrogen-bond acceptors (Lipinski definition) is 4. The van der Waals surface area contributed by atoms with Gasteiger partial charge in [0, 0.05) is 16.7 Å². The van der Waals surface area contributed by atoms with Crippen molar-refractivity contribution in [1.29, 1.82) is 0 Å². The summed E-state index contributed by atoms with van der Waals surface area (Å²) in [7, 11) is -0.523. The average Bonchev–Trinajstić information content (AvgIpc) is 2.28. The van der Waals surface area contributed by atoms with Gasteiger partial charge in [0.05, 0.1) is 0 Å². The molecule has 0 radical (unpaired) electrons. The lowest BCUT2D eigenvalue weighted by atomic mass is 9.84. The molecule has 0 spiro atoms. The Hall–Kier alpha value is -0.495. The molecule has 4 nitrogen and oxygen atoms in total. The first kappa shape index (κ1) is 12.0. The maximum absolute atomic E-state index is 9.67. The van der Waals surface area contributed by atoms with Crippen molar-refractivity contribution < 1.29 is 9.76 Å². The third kappa shape index (κ3) is 2.43. The van der Waals surface area contributed by atoms with Gasteiger partial charge in [-0.1, -0.05) is 22.6 Å². The predicted molar refractivity (Wildman–Crippen MR) is 73.5 cm³/mol. The van der Waals surface area contributed by atoms with E-state index in [-0.39, 0.29) is 0 Å². The van der Waals surface area contributed by atoms with Crippen molar-refractivity contribution in [2.45, 2.75) is 13.2 Å². The van der Waals surface area contributed by atoms with Gasteiger partial charge in [0.15, 0.2) is 11.6 Å². The van der Waals surface area contributed by atoms with Crippen molar-refractivity contribution in [3.05, 3.63) is 17.8 Å². The highest BCUT2D eigenvalue weighted by atomic mass is 127. The SMILES string of the molecule is CB(O)N1CCOc2ccc(CCI)nc21. The van der Waals surface area contributed by atoms with Gasteiger partial charge in [0.2, 0.25) is 0 Å². The molecule has 0 unspecified atom stereocenters. The maximum Gasteiger partial charge on any atom is 0.410 e. The number of pyridine rings is 1. The van der Waals surface area contributed by atoms with Crippen molar-refractivity contribution in [3.63, 3.8) is 0 Å². The average molecular weight is 332 g/mol. The summed E-state index contributed by atoms with van der Waals surface area (Å²) in [5.41, 5.74) is 1.05. The number of alkyl halides is 1. The summed E-state index contributed by atoms with van der Waals surface area (Å²) in [6, 6.07) is 3.93. The van der Waals surface area contributed by atoms with Crippen molar-refractivity contribution >= 4 is 35.5 Å². The molecular weight excluding hydrogens is 318 g/mol. The molecule has 0 saturated carbocycles. The van der Waals surface area contributed by atoms with Crippen molar-refractivity contribution in [1.82, 2.24) is 4.98 Å². The highest BCUT2D eigenvalue weighted by Gasteiger charge is 2.25. The zero-order chi connectivity index (χ0) is 11.5. The molecule has 0 aliphatic carbocycles. The van der Waals surface area contributed by atoms with E-state index in [1.54, 1.807) is 6.82 Å². The van der Waals surface area contributed by atoms with E-state index in [9.17, 15) is 5.02 Å². The van der Waals surface area contributed by atoms with Crippen molar-refractivity contribution in [2.24, 2.45) is 0 Å². The van der Waals surface area contributed by atoms with E-state index < -0.39 is 7.05 Å². The number of aromatic nitrogens is 1.